The van der Waals surface area contributed by atoms with E-state index in [4.69, 9.17) is 9.47 Å². The number of esters is 2. The van der Waals surface area contributed by atoms with Crippen molar-refractivity contribution in [2.45, 2.75) is 70.5 Å². The Morgan fingerprint density at radius 1 is 1.15 bits per heavy atom. The van der Waals surface area contributed by atoms with E-state index in [1.807, 2.05) is 6.07 Å². The van der Waals surface area contributed by atoms with Crippen LogP contribution in [-0.4, -0.2) is 29.9 Å². The first-order valence-corrected chi connectivity index (χ1v) is 10.1. The molecule has 0 bridgehead atoms. The Balaban J connectivity index is 1.60. The van der Waals surface area contributed by atoms with Crippen LogP contribution in [0.2, 0.25) is 0 Å². The van der Waals surface area contributed by atoms with Gasteiger partial charge in [-0.1, -0.05) is 38.0 Å². The normalized spacial score (nSPS) is 26.5. The van der Waals surface area contributed by atoms with Crippen molar-refractivity contribution in [3.63, 3.8) is 0 Å². The molecule has 2 unspecified atom stereocenters. The lowest BCUT2D eigenvalue weighted by atomic mass is 9.87. The SMILES string of the molecule is CCCCCC(=O)CC[C@H]1C2CC(=O)OC2C[C@@H]1OC(=O)c1ccccc1. The van der Waals surface area contributed by atoms with E-state index in [9.17, 15) is 14.4 Å². The van der Waals surface area contributed by atoms with E-state index in [1.165, 1.54) is 0 Å². The molecule has 4 atom stereocenters. The number of ether oxygens (including phenoxy) is 2. The minimum Gasteiger partial charge on any atom is -0.462 e. The lowest BCUT2D eigenvalue weighted by molar-refractivity contribution is -0.141. The second-order valence-corrected chi connectivity index (χ2v) is 7.64. The number of carbonyl (C=O) groups excluding carboxylic acids is 3. The van der Waals surface area contributed by atoms with Crippen molar-refractivity contribution in [3.05, 3.63) is 35.9 Å². The summed E-state index contributed by atoms with van der Waals surface area (Å²) in [6, 6.07) is 8.90. The molecule has 0 radical (unpaired) electrons. The van der Waals surface area contributed by atoms with Crippen LogP contribution in [0, 0.1) is 11.8 Å². The molecule has 1 aromatic carbocycles. The summed E-state index contributed by atoms with van der Waals surface area (Å²) in [6.07, 6.45) is 5.23. The summed E-state index contributed by atoms with van der Waals surface area (Å²) in [4.78, 5) is 36.3. The summed E-state index contributed by atoms with van der Waals surface area (Å²) >= 11 is 0. The van der Waals surface area contributed by atoms with Gasteiger partial charge in [-0.25, -0.2) is 4.79 Å². The quantitative estimate of drug-likeness (QED) is 0.482. The minimum absolute atomic E-state index is 0.00392. The van der Waals surface area contributed by atoms with Crippen LogP contribution in [0.15, 0.2) is 30.3 Å². The highest BCUT2D eigenvalue weighted by Crippen LogP contribution is 2.45. The van der Waals surface area contributed by atoms with Crippen molar-refractivity contribution in [2.75, 3.05) is 0 Å². The first kappa shape index (κ1) is 19.6. The molecule has 2 aliphatic rings. The molecule has 146 valence electrons. The zero-order valence-corrected chi connectivity index (χ0v) is 15.9. The number of rotatable bonds is 9. The molecule has 2 fully saturated rings. The van der Waals surface area contributed by atoms with Gasteiger partial charge in [0.05, 0.1) is 12.0 Å². The topological polar surface area (TPSA) is 69.7 Å². The summed E-state index contributed by atoms with van der Waals surface area (Å²) in [5.41, 5.74) is 0.515. The average molecular weight is 372 g/mol. The molecule has 5 heteroatoms. The predicted octanol–water partition coefficient (Wildman–Crippen LogP) is 4.09. The van der Waals surface area contributed by atoms with Crippen LogP contribution in [0.25, 0.3) is 0 Å². The number of ketones is 1. The van der Waals surface area contributed by atoms with E-state index in [0.717, 1.165) is 19.3 Å². The summed E-state index contributed by atoms with van der Waals surface area (Å²) < 4.78 is 11.2. The van der Waals surface area contributed by atoms with Gasteiger partial charge in [-0.15, -0.1) is 0 Å². The Bertz CT molecular complexity index is 669. The van der Waals surface area contributed by atoms with Gasteiger partial charge in [0.15, 0.2) is 0 Å². The summed E-state index contributed by atoms with van der Waals surface area (Å²) in [6.45, 7) is 2.12. The van der Waals surface area contributed by atoms with Gasteiger partial charge in [0, 0.05) is 31.1 Å². The third kappa shape index (κ3) is 4.96. The van der Waals surface area contributed by atoms with E-state index >= 15 is 0 Å². The van der Waals surface area contributed by atoms with Gasteiger partial charge in [0.25, 0.3) is 0 Å². The maximum atomic E-state index is 12.4. The molecular formula is C22H28O5. The maximum Gasteiger partial charge on any atom is 0.338 e. The Hall–Kier alpha value is -2.17. The van der Waals surface area contributed by atoms with Crippen molar-refractivity contribution < 1.29 is 23.9 Å². The van der Waals surface area contributed by atoms with Crippen LogP contribution in [0.3, 0.4) is 0 Å². The van der Waals surface area contributed by atoms with Crippen LogP contribution in [-0.2, 0) is 19.1 Å². The molecule has 1 aliphatic heterocycles. The van der Waals surface area contributed by atoms with E-state index in [1.54, 1.807) is 24.3 Å². The largest absolute Gasteiger partial charge is 0.462 e. The third-order valence-corrected chi connectivity index (χ3v) is 5.74. The van der Waals surface area contributed by atoms with Gasteiger partial charge >= 0.3 is 11.9 Å². The van der Waals surface area contributed by atoms with Crippen LogP contribution in [0.4, 0.5) is 0 Å². The van der Waals surface area contributed by atoms with Crippen molar-refractivity contribution in [2.24, 2.45) is 11.8 Å². The minimum atomic E-state index is -0.355. The molecule has 0 aromatic heterocycles. The van der Waals surface area contributed by atoms with E-state index < -0.39 is 0 Å². The zero-order chi connectivity index (χ0) is 19.2. The zero-order valence-electron chi connectivity index (χ0n) is 15.9. The van der Waals surface area contributed by atoms with Gasteiger partial charge in [-0.2, -0.15) is 0 Å². The van der Waals surface area contributed by atoms with Crippen LogP contribution >= 0.6 is 0 Å². The lowest BCUT2D eigenvalue weighted by Gasteiger charge is -2.23. The fraction of sp³-hybridized carbons (Fsp3) is 0.591. The Kier molecular flexibility index (Phi) is 6.64. The van der Waals surface area contributed by atoms with Crippen LogP contribution in [0.5, 0.6) is 0 Å². The molecule has 1 saturated heterocycles. The van der Waals surface area contributed by atoms with Gasteiger partial charge in [-0.05, 0) is 25.0 Å². The summed E-state index contributed by atoms with van der Waals surface area (Å²) in [5.74, 6) is -0.229. The summed E-state index contributed by atoms with van der Waals surface area (Å²) in [7, 11) is 0. The highest BCUT2D eigenvalue weighted by atomic mass is 16.6. The van der Waals surface area contributed by atoms with Gasteiger partial charge < -0.3 is 9.47 Å². The van der Waals surface area contributed by atoms with Crippen molar-refractivity contribution >= 4 is 17.7 Å². The highest BCUT2D eigenvalue weighted by molar-refractivity contribution is 5.89. The smallest absolute Gasteiger partial charge is 0.338 e. The number of carbonyl (C=O) groups is 3. The van der Waals surface area contributed by atoms with Crippen molar-refractivity contribution in [3.8, 4) is 0 Å². The van der Waals surface area contributed by atoms with E-state index in [-0.39, 0.29) is 41.8 Å². The number of unbranched alkanes of at least 4 members (excludes halogenated alkanes) is 2. The van der Waals surface area contributed by atoms with Gasteiger partial charge in [0.1, 0.15) is 18.0 Å². The molecule has 0 spiro atoms. The second-order valence-electron chi connectivity index (χ2n) is 7.64. The molecular weight excluding hydrogens is 344 g/mol. The first-order chi connectivity index (χ1) is 13.1. The van der Waals surface area contributed by atoms with Gasteiger partial charge in [0.2, 0.25) is 0 Å². The van der Waals surface area contributed by atoms with Gasteiger partial charge in [-0.3, -0.25) is 9.59 Å². The fourth-order valence-corrected chi connectivity index (χ4v) is 4.30. The second kappa shape index (κ2) is 9.16. The molecule has 1 aliphatic carbocycles. The number of benzene rings is 1. The highest BCUT2D eigenvalue weighted by Gasteiger charge is 2.51. The average Bonchev–Trinajstić information content (AvgIpc) is 3.16. The number of fused-ring (bicyclic) bond motifs is 1. The van der Waals surface area contributed by atoms with Crippen LogP contribution in [0.1, 0.15) is 68.6 Å². The molecule has 1 aromatic rings. The number of hydrogen-bond acceptors (Lipinski definition) is 5. The number of Topliss-reactive ketones (excluding diaryl/α,β-unsaturated/α-hetero) is 1. The monoisotopic (exact) mass is 372 g/mol. The van der Waals surface area contributed by atoms with Crippen molar-refractivity contribution in [1.29, 1.82) is 0 Å². The Morgan fingerprint density at radius 3 is 2.67 bits per heavy atom. The van der Waals surface area contributed by atoms with Crippen molar-refractivity contribution in [1.82, 2.24) is 0 Å². The molecule has 1 heterocycles. The summed E-state index contributed by atoms with van der Waals surface area (Å²) in [5, 5.41) is 0. The molecule has 0 amide bonds. The first-order valence-electron chi connectivity index (χ1n) is 10.1. The third-order valence-electron chi connectivity index (χ3n) is 5.74. The van der Waals surface area contributed by atoms with Crippen LogP contribution < -0.4 is 0 Å². The molecule has 3 rings (SSSR count). The van der Waals surface area contributed by atoms with E-state index in [0.29, 0.717) is 37.7 Å². The Labute approximate surface area is 160 Å². The molecule has 27 heavy (non-hydrogen) atoms. The van der Waals surface area contributed by atoms with E-state index in [2.05, 4.69) is 6.92 Å². The Morgan fingerprint density at radius 2 is 1.93 bits per heavy atom. The molecule has 1 saturated carbocycles. The lowest BCUT2D eigenvalue weighted by Crippen LogP contribution is -2.26. The predicted molar refractivity (Wildman–Crippen MR) is 100 cm³/mol. The fourth-order valence-electron chi connectivity index (χ4n) is 4.30. The maximum absolute atomic E-state index is 12.4. The number of hydrogen-bond donors (Lipinski definition) is 0. The molecule has 0 N–H and O–H groups in total. The standard InChI is InChI=1S/C22H28O5/c1-2-3-5-10-16(23)11-12-17-18-13-21(24)26-20(18)14-19(17)27-22(25)15-8-6-4-7-9-15/h4,6-9,17-20H,2-3,5,10-14H2,1H3/t17-,18?,19-,20?/m0/s1. The molecule has 5 nitrogen and oxygen atoms in total.